The molecule has 7 heteroatoms. The molecule has 136 valence electrons. The van der Waals surface area contributed by atoms with E-state index in [1.54, 1.807) is 6.33 Å². The minimum atomic E-state index is 0.266. The number of aryl methyl sites for hydroxylation is 1. The molecule has 2 N–H and O–H groups in total. The molecule has 0 saturated carbocycles. The normalized spacial score (nSPS) is 19.7. The first-order chi connectivity index (χ1) is 11.6. The van der Waals surface area contributed by atoms with Crippen LogP contribution in [0.5, 0.6) is 0 Å². The Bertz CT molecular complexity index is 507. The number of hydrogen-bond donors (Lipinski definition) is 2. The van der Waals surface area contributed by atoms with Crippen LogP contribution in [0.4, 0.5) is 0 Å². The number of nitrogens with zero attached hydrogens (tertiary/aromatic N) is 4. The molecular formula is C17H32N6O. The highest BCUT2D eigenvalue weighted by molar-refractivity contribution is 5.80. The monoisotopic (exact) mass is 336 g/mol. The largest absolute Gasteiger partial charge is 0.376 e. The van der Waals surface area contributed by atoms with E-state index in [2.05, 4.69) is 53.1 Å². The second-order valence-corrected chi connectivity index (χ2v) is 6.72. The van der Waals surface area contributed by atoms with Gasteiger partial charge in [-0.15, -0.1) is 10.2 Å². The standard InChI is InChI=1S/C17H32N6O/c1-5-16-22-20-12-23(16)9-8-18-17(21-14(4)13(2)3)19-11-15-7-6-10-24-15/h12-15H,5-11H2,1-4H3,(H2,18,19,21). The predicted octanol–water partition coefficient (Wildman–Crippen LogP) is 1.60. The second-order valence-electron chi connectivity index (χ2n) is 6.72. The number of hydrogen-bond acceptors (Lipinski definition) is 4. The predicted molar refractivity (Wildman–Crippen MR) is 96.1 cm³/mol. The molecule has 0 aliphatic carbocycles. The quantitative estimate of drug-likeness (QED) is 0.557. The summed E-state index contributed by atoms with van der Waals surface area (Å²) in [5, 5.41) is 15.0. The van der Waals surface area contributed by atoms with Crippen LogP contribution >= 0.6 is 0 Å². The Kier molecular flexibility index (Phi) is 7.49. The van der Waals surface area contributed by atoms with Crippen molar-refractivity contribution in [2.45, 2.75) is 65.6 Å². The molecule has 0 spiro atoms. The lowest BCUT2D eigenvalue weighted by Crippen LogP contribution is -2.45. The van der Waals surface area contributed by atoms with E-state index in [9.17, 15) is 0 Å². The summed E-state index contributed by atoms with van der Waals surface area (Å²) >= 11 is 0. The molecule has 1 saturated heterocycles. The van der Waals surface area contributed by atoms with E-state index in [0.717, 1.165) is 50.7 Å². The molecule has 1 aromatic heterocycles. The molecule has 0 aromatic carbocycles. The highest BCUT2D eigenvalue weighted by atomic mass is 16.5. The van der Waals surface area contributed by atoms with Gasteiger partial charge in [0, 0.05) is 32.2 Å². The van der Waals surface area contributed by atoms with Crippen LogP contribution in [-0.4, -0.2) is 52.6 Å². The Morgan fingerprint density at radius 3 is 2.96 bits per heavy atom. The molecule has 1 fully saturated rings. The lowest BCUT2D eigenvalue weighted by molar-refractivity contribution is 0.117. The van der Waals surface area contributed by atoms with Crippen molar-refractivity contribution in [3.8, 4) is 0 Å². The number of nitrogens with one attached hydrogen (secondary N) is 2. The zero-order valence-corrected chi connectivity index (χ0v) is 15.5. The summed E-state index contributed by atoms with van der Waals surface area (Å²) in [6.07, 6.45) is 5.20. The Labute approximate surface area is 145 Å². The van der Waals surface area contributed by atoms with Crippen molar-refractivity contribution in [3.63, 3.8) is 0 Å². The number of ether oxygens (including phenoxy) is 1. The fraction of sp³-hybridized carbons (Fsp3) is 0.824. The maximum atomic E-state index is 5.67. The van der Waals surface area contributed by atoms with Crippen molar-refractivity contribution in [1.29, 1.82) is 0 Å². The topological polar surface area (TPSA) is 76.4 Å². The van der Waals surface area contributed by atoms with Gasteiger partial charge < -0.3 is 19.9 Å². The van der Waals surface area contributed by atoms with Crippen LogP contribution in [0.1, 0.15) is 46.4 Å². The first kappa shape index (κ1) is 18.7. The van der Waals surface area contributed by atoms with Crippen LogP contribution < -0.4 is 10.6 Å². The first-order valence-corrected chi connectivity index (χ1v) is 9.13. The molecule has 2 unspecified atom stereocenters. The molecule has 0 radical (unpaired) electrons. The van der Waals surface area contributed by atoms with Gasteiger partial charge in [-0.2, -0.15) is 0 Å². The molecule has 2 rings (SSSR count). The van der Waals surface area contributed by atoms with Crippen LogP contribution in [0, 0.1) is 5.92 Å². The smallest absolute Gasteiger partial charge is 0.191 e. The second kappa shape index (κ2) is 9.61. The summed E-state index contributed by atoms with van der Waals surface area (Å²) in [5.74, 6) is 2.42. The van der Waals surface area contributed by atoms with E-state index in [4.69, 9.17) is 9.73 Å². The Balaban J connectivity index is 1.87. The lowest BCUT2D eigenvalue weighted by atomic mass is 10.1. The minimum absolute atomic E-state index is 0.266. The highest BCUT2D eigenvalue weighted by Crippen LogP contribution is 2.11. The van der Waals surface area contributed by atoms with E-state index in [1.165, 1.54) is 0 Å². The van der Waals surface area contributed by atoms with Crippen LogP contribution in [0.3, 0.4) is 0 Å². The Morgan fingerprint density at radius 1 is 1.46 bits per heavy atom. The van der Waals surface area contributed by atoms with Crippen molar-refractivity contribution in [3.05, 3.63) is 12.2 Å². The maximum absolute atomic E-state index is 5.67. The third-order valence-electron chi connectivity index (χ3n) is 4.50. The average molecular weight is 336 g/mol. The molecule has 1 aliphatic heterocycles. The van der Waals surface area contributed by atoms with Gasteiger partial charge in [0.1, 0.15) is 12.2 Å². The summed E-state index contributed by atoms with van der Waals surface area (Å²) in [7, 11) is 0. The lowest BCUT2D eigenvalue weighted by Gasteiger charge is -2.21. The number of guanidine groups is 1. The maximum Gasteiger partial charge on any atom is 0.191 e. The van der Waals surface area contributed by atoms with E-state index in [0.29, 0.717) is 18.5 Å². The van der Waals surface area contributed by atoms with Crippen LogP contribution in [-0.2, 0) is 17.7 Å². The van der Waals surface area contributed by atoms with Gasteiger partial charge in [0.2, 0.25) is 0 Å². The zero-order valence-electron chi connectivity index (χ0n) is 15.5. The molecule has 1 aromatic rings. The highest BCUT2D eigenvalue weighted by Gasteiger charge is 2.16. The van der Waals surface area contributed by atoms with Gasteiger partial charge in [-0.25, -0.2) is 0 Å². The molecule has 2 heterocycles. The minimum Gasteiger partial charge on any atom is -0.376 e. The van der Waals surface area contributed by atoms with E-state index < -0.39 is 0 Å². The van der Waals surface area contributed by atoms with Crippen LogP contribution in [0.15, 0.2) is 11.3 Å². The Morgan fingerprint density at radius 2 is 2.29 bits per heavy atom. The summed E-state index contributed by atoms with van der Waals surface area (Å²) in [6, 6.07) is 0.363. The fourth-order valence-electron chi connectivity index (χ4n) is 2.55. The van der Waals surface area contributed by atoms with Crippen LogP contribution in [0.2, 0.25) is 0 Å². The number of aromatic nitrogens is 3. The molecule has 0 bridgehead atoms. The van der Waals surface area contributed by atoms with E-state index >= 15 is 0 Å². The van der Waals surface area contributed by atoms with Gasteiger partial charge in [-0.3, -0.25) is 4.99 Å². The van der Waals surface area contributed by atoms with Gasteiger partial charge in [-0.1, -0.05) is 20.8 Å². The van der Waals surface area contributed by atoms with E-state index in [1.807, 2.05) is 0 Å². The third kappa shape index (κ3) is 5.78. The van der Waals surface area contributed by atoms with Crippen molar-refractivity contribution >= 4 is 5.96 Å². The summed E-state index contributed by atoms with van der Waals surface area (Å²) in [4.78, 5) is 4.72. The van der Waals surface area contributed by atoms with Crippen molar-refractivity contribution in [1.82, 2.24) is 25.4 Å². The Hall–Kier alpha value is -1.63. The van der Waals surface area contributed by atoms with Gasteiger partial charge in [0.25, 0.3) is 0 Å². The third-order valence-corrected chi connectivity index (χ3v) is 4.50. The fourth-order valence-corrected chi connectivity index (χ4v) is 2.55. The number of rotatable bonds is 8. The van der Waals surface area contributed by atoms with Crippen molar-refractivity contribution in [2.24, 2.45) is 10.9 Å². The molecule has 24 heavy (non-hydrogen) atoms. The molecule has 1 aliphatic rings. The van der Waals surface area contributed by atoms with Crippen molar-refractivity contribution < 1.29 is 4.74 Å². The summed E-state index contributed by atoms with van der Waals surface area (Å²) in [6.45, 7) is 11.9. The zero-order chi connectivity index (χ0) is 17.4. The molecule has 2 atom stereocenters. The van der Waals surface area contributed by atoms with Gasteiger partial charge in [0.05, 0.1) is 12.6 Å². The van der Waals surface area contributed by atoms with Gasteiger partial charge >= 0.3 is 0 Å². The molecule has 7 nitrogen and oxygen atoms in total. The SMILES string of the molecule is CCc1nncn1CCNC(=NCC1CCCO1)NC(C)C(C)C. The first-order valence-electron chi connectivity index (χ1n) is 9.13. The molecule has 0 amide bonds. The van der Waals surface area contributed by atoms with Gasteiger partial charge in [0.15, 0.2) is 5.96 Å². The average Bonchev–Trinajstić information content (AvgIpc) is 3.23. The summed E-state index contributed by atoms with van der Waals surface area (Å²) < 4.78 is 7.75. The van der Waals surface area contributed by atoms with Crippen molar-refractivity contribution in [2.75, 3.05) is 19.7 Å². The van der Waals surface area contributed by atoms with Gasteiger partial charge in [-0.05, 0) is 25.7 Å². The molecular weight excluding hydrogens is 304 g/mol. The van der Waals surface area contributed by atoms with Crippen LogP contribution in [0.25, 0.3) is 0 Å². The summed E-state index contributed by atoms with van der Waals surface area (Å²) in [5.41, 5.74) is 0. The number of aliphatic imine (C=N–C) groups is 1. The van der Waals surface area contributed by atoms with E-state index in [-0.39, 0.29) is 6.10 Å².